The van der Waals surface area contributed by atoms with E-state index in [0.29, 0.717) is 6.10 Å². The van der Waals surface area contributed by atoms with E-state index in [1.807, 2.05) is 0 Å². The lowest BCUT2D eigenvalue weighted by atomic mass is 10.1. The van der Waals surface area contributed by atoms with Gasteiger partial charge in [-0.15, -0.1) is 0 Å². The van der Waals surface area contributed by atoms with Crippen LogP contribution in [0.15, 0.2) is 0 Å². The van der Waals surface area contributed by atoms with Gasteiger partial charge in [-0.25, -0.2) is 0 Å². The molecule has 0 aliphatic carbocycles. The van der Waals surface area contributed by atoms with Crippen LogP contribution in [0.1, 0.15) is 12.8 Å². The van der Waals surface area contributed by atoms with Crippen LogP contribution < -0.4 is 0 Å². The second-order valence-corrected chi connectivity index (χ2v) is 4.15. The van der Waals surface area contributed by atoms with E-state index in [1.54, 1.807) is 0 Å². The van der Waals surface area contributed by atoms with Crippen LogP contribution in [0, 0.1) is 0 Å². The fourth-order valence-corrected chi connectivity index (χ4v) is 1.95. The third kappa shape index (κ3) is 2.92. The van der Waals surface area contributed by atoms with Crippen LogP contribution in [-0.4, -0.2) is 62.5 Å². The minimum Gasteiger partial charge on any atom is -0.379 e. The molecule has 0 unspecified atom stereocenters. The maximum atomic E-state index is 5.91. The molecule has 0 N–H and O–H groups in total. The van der Waals surface area contributed by atoms with Crippen molar-refractivity contribution in [2.24, 2.45) is 0 Å². The summed E-state index contributed by atoms with van der Waals surface area (Å²) in [6, 6.07) is 0. The number of likely N-dealkylation sites (tertiary alicyclic amines) is 1. The van der Waals surface area contributed by atoms with Crippen molar-refractivity contribution in [1.29, 1.82) is 0 Å². The van der Waals surface area contributed by atoms with E-state index in [0.717, 1.165) is 52.2 Å². The molecule has 0 atom stereocenters. The summed E-state index contributed by atoms with van der Waals surface area (Å²) < 4.78 is 5.28. The average Bonchev–Trinajstić information content (AvgIpc) is 2.23. The van der Waals surface area contributed by atoms with Gasteiger partial charge in [0.15, 0.2) is 0 Å². The highest BCUT2D eigenvalue weighted by atomic mass is 16.7. The first-order valence-electron chi connectivity index (χ1n) is 5.52. The third-order valence-corrected chi connectivity index (χ3v) is 2.93. The monoisotopic (exact) mass is 200 g/mol. The molecule has 0 aromatic carbocycles. The van der Waals surface area contributed by atoms with Gasteiger partial charge in [0.05, 0.1) is 19.3 Å². The number of ether oxygens (including phenoxy) is 1. The van der Waals surface area contributed by atoms with Gasteiger partial charge in [-0.1, -0.05) is 0 Å². The maximum absolute atomic E-state index is 5.91. The highest BCUT2D eigenvalue weighted by Gasteiger charge is 2.21. The summed E-state index contributed by atoms with van der Waals surface area (Å²) >= 11 is 0. The van der Waals surface area contributed by atoms with Crippen LogP contribution in [-0.2, 0) is 9.57 Å². The molecule has 2 heterocycles. The third-order valence-electron chi connectivity index (χ3n) is 2.93. The molecule has 2 aliphatic heterocycles. The first-order valence-corrected chi connectivity index (χ1v) is 5.52. The minimum atomic E-state index is 0.435. The highest BCUT2D eigenvalue weighted by Crippen LogP contribution is 2.14. The van der Waals surface area contributed by atoms with E-state index in [9.17, 15) is 0 Å². The zero-order valence-electron chi connectivity index (χ0n) is 8.95. The Morgan fingerprint density at radius 2 is 1.71 bits per heavy atom. The van der Waals surface area contributed by atoms with Crippen LogP contribution in [0.5, 0.6) is 0 Å². The lowest BCUT2D eigenvalue weighted by Crippen LogP contribution is -2.42. The fourth-order valence-electron chi connectivity index (χ4n) is 1.95. The maximum Gasteiger partial charge on any atom is 0.0817 e. The van der Waals surface area contributed by atoms with Crippen molar-refractivity contribution in [2.45, 2.75) is 18.9 Å². The predicted octanol–water partition coefficient (Wildman–Crippen LogP) is 0.344. The van der Waals surface area contributed by atoms with Gasteiger partial charge in [0.2, 0.25) is 0 Å². The van der Waals surface area contributed by atoms with Crippen molar-refractivity contribution in [2.75, 3.05) is 46.4 Å². The van der Waals surface area contributed by atoms with E-state index in [1.165, 1.54) is 0 Å². The molecule has 4 nitrogen and oxygen atoms in total. The Kier molecular flexibility index (Phi) is 3.75. The number of nitrogens with zero attached hydrogens (tertiary/aromatic N) is 2. The Morgan fingerprint density at radius 3 is 2.36 bits per heavy atom. The van der Waals surface area contributed by atoms with E-state index < -0.39 is 0 Å². The van der Waals surface area contributed by atoms with Gasteiger partial charge in [-0.2, -0.15) is 5.06 Å². The number of rotatable bonds is 2. The van der Waals surface area contributed by atoms with Gasteiger partial charge in [-0.05, 0) is 19.9 Å². The second kappa shape index (κ2) is 5.07. The number of morpholine rings is 1. The Balaban J connectivity index is 1.68. The summed E-state index contributed by atoms with van der Waals surface area (Å²) in [5, 5.41) is 2.07. The van der Waals surface area contributed by atoms with Crippen molar-refractivity contribution in [3.8, 4) is 0 Å². The molecular weight excluding hydrogens is 180 g/mol. The molecule has 4 heteroatoms. The van der Waals surface area contributed by atoms with Crippen LogP contribution in [0.25, 0.3) is 0 Å². The van der Waals surface area contributed by atoms with Crippen LogP contribution in [0.3, 0.4) is 0 Å². The molecule has 2 aliphatic rings. The van der Waals surface area contributed by atoms with Gasteiger partial charge >= 0.3 is 0 Å². The molecular formula is C10H20N2O2. The largest absolute Gasteiger partial charge is 0.379 e. The molecule has 0 bridgehead atoms. The van der Waals surface area contributed by atoms with E-state index in [4.69, 9.17) is 9.57 Å². The van der Waals surface area contributed by atoms with Crippen molar-refractivity contribution >= 4 is 0 Å². The quantitative estimate of drug-likeness (QED) is 0.642. The highest BCUT2D eigenvalue weighted by molar-refractivity contribution is 4.69. The van der Waals surface area contributed by atoms with E-state index >= 15 is 0 Å². The van der Waals surface area contributed by atoms with E-state index in [2.05, 4.69) is 17.0 Å². The van der Waals surface area contributed by atoms with Gasteiger partial charge < -0.3 is 9.64 Å². The molecule has 0 spiro atoms. The van der Waals surface area contributed by atoms with Gasteiger partial charge in [0.1, 0.15) is 0 Å². The standard InChI is InChI=1S/C10H20N2O2/c1-11-4-2-10(3-5-11)14-12-6-8-13-9-7-12/h10H,2-9H2,1H3. The molecule has 2 saturated heterocycles. The fraction of sp³-hybridized carbons (Fsp3) is 1.00. The van der Waals surface area contributed by atoms with Crippen molar-refractivity contribution in [3.63, 3.8) is 0 Å². The second-order valence-electron chi connectivity index (χ2n) is 4.15. The number of hydrogen-bond acceptors (Lipinski definition) is 4. The first-order chi connectivity index (χ1) is 6.84. The minimum absolute atomic E-state index is 0.435. The van der Waals surface area contributed by atoms with Gasteiger partial charge in [0.25, 0.3) is 0 Å². The molecule has 0 amide bonds. The van der Waals surface area contributed by atoms with Crippen molar-refractivity contribution < 1.29 is 9.57 Å². The van der Waals surface area contributed by atoms with Crippen molar-refractivity contribution in [1.82, 2.24) is 9.96 Å². The summed E-state index contributed by atoms with van der Waals surface area (Å²) in [7, 11) is 2.17. The van der Waals surface area contributed by atoms with E-state index in [-0.39, 0.29) is 0 Å². The summed E-state index contributed by atoms with van der Waals surface area (Å²) in [6.45, 7) is 5.79. The SMILES string of the molecule is CN1CCC(ON2CCOCC2)CC1. The Hall–Kier alpha value is -0.160. The summed E-state index contributed by atoms with van der Waals surface area (Å²) in [4.78, 5) is 8.27. The summed E-state index contributed by atoms with van der Waals surface area (Å²) in [6.07, 6.45) is 2.76. The predicted molar refractivity (Wildman–Crippen MR) is 54.0 cm³/mol. The van der Waals surface area contributed by atoms with Crippen LogP contribution in [0.2, 0.25) is 0 Å². The zero-order chi connectivity index (χ0) is 9.80. The number of piperidine rings is 1. The zero-order valence-corrected chi connectivity index (χ0v) is 8.95. The van der Waals surface area contributed by atoms with Gasteiger partial charge in [-0.3, -0.25) is 4.84 Å². The Labute approximate surface area is 85.7 Å². The molecule has 0 aromatic rings. The molecule has 0 radical (unpaired) electrons. The molecule has 0 saturated carbocycles. The molecule has 14 heavy (non-hydrogen) atoms. The van der Waals surface area contributed by atoms with Crippen LogP contribution >= 0.6 is 0 Å². The van der Waals surface area contributed by atoms with Crippen LogP contribution in [0.4, 0.5) is 0 Å². The lowest BCUT2D eigenvalue weighted by Gasteiger charge is -2.34. The molecule has 0 aromatic heterocycles. The Bertz CT molecular complexity index is 164. The normalized spacial score (nSPS) is 28.1. The van der Waals surface area contributed by atoms with Gasteiger partial charge in [0, 0.05) is 26.2 Å². The molecule has 2 rings (SSSR count). The molecule has 2 fully saturated rings. The number of hydrogen-bond donors (Lipinski definition) is 0. The summed E-state index contributed by atoms with van der Waals surface area (Å²) in [5.41, 5.74) is 0. The molecule has 82 valence electrons. The number of hydroxylamine groups is 2. The smallest absolute Gasteiger partial charge is 0.0817 e. The topological polar surface area (TPSA) is 24.9 Å². The lowest BCUT2D eigenvalue weighted by molar-refractivity contribution is -0.232. The Morgan fingerprint density at radius 1 is 1.07 bits per heavy atom. The first kappa shape index (κ1) is 10.4. The van der Waals surface area contributed by atoms with Crippen molar-refractivity contribution in [3.05, 3.63) is 0 Å². The summed E-state index contributed by atoms with van der Waals surface area (Å²) in [5.74, 6) is 0. The average molecular weight is 200 g/mol.